The molecule has 0 aromatic heterocycles. The molecule has 4 rings (SSSR count). The maximum atomic E-state index is 12.5. The number of carbonyl (C=O) groups excluding carboxylic acids is 1. The van der Waals surface area contributed by atoms with Crippen molar-refractivity contribution < 1.29 is 4.79 Å². The van der Waals surface area contributed by atoms with Crippen molar-refractivity contribution in [1.82, 2.24) is 9.80 Å². The first-order valence-corrected chi connectivity index (χ1v) is 8.32. The van der Waals surface area contributed by atoms with Crippen molar-refractivity contribution in [1.29, 1.82) is 0 Å². The van der Waals surface area contributed by atoms with Gasteiger partial charge in [0.05, 0.1) is 6.42 Å². The van der Waals surface area contributed by atoms with Crippen LogP contribution in [-0.4, -0.2) is 47.4 Å². The van der Waals surface area contributed by atoms with Crippen molar-refractivity contribution >= 4 is 5.91 Å². The molecular formula is C18H24N2O. The van der Waals surface area contributed by atoms with Crippen LogP contribution in [-0.2, 0) is 11.2 Å². The van der Waals surface area contributed by atoms with E-state index < -0.39 is 0 Å². The summed E-state index contributed by atoms with van der Waals surface area (Å²) in [4.78, 5) is 17.3. The Morgan fingerprint density at radius 2 is 1.90 bits per heavy atom. The highest BCUT2D eigenvalue weighted by molar-refractivity contribution is 5.79. The molecule has 0 N–H and O–H groups in total. The standard InChI is InChI=1S/C18H24N2O/c21-17(12-15-4-2-1-3-5-15)19-10-8-18(14-19)9-11-20(18)13-16-6-7-16/h1-5,16H,6-14H2. The molecule has 3 aliphatic rings. The van der Waals surface area contributed by atoms with E-state index in [4.69, 9.17) is 0 Å². The van der Waals surface area contributed by atoms with Crippen molar-refractivity contribution in [2.75, 3.05) is 26.2 Å². The first kappa shape index (κ1) is 13.3. The number of benzene rings is 1. The van der Waals surface area contributed by atoms with Crippen LogP contribution in [0.1, 0.15) is 31.2 Å². The maximum Gasteiger partial charge on any atom is 0.227 e. The van der Waals surface area contributed by atoms with Gasteiger partial charge >= 0.3 is 0 Å². The molecular weight excluding hydrogens is 260 g/mol. The highest BCUT2D eigenvalue weighted by Crippen LogP contribution is 2.42. The molecule has 1 spiro atoms. The molecule has 3 fully saturated rings. The molecule has 2 aliphatic heterocycles. The number of hydrogen-bond donors (Lipinski definition) is 0. The fourth-order valence-electron chi connectivity index (χ4n) is 3.90. The molecule has 3 heteroatoms. The molecule has 1 unspecified atom stereocenters. The minimum atomic E-state index is 0.302. The molecule has 1 saturated carbocycles. The van der Waals surface area contributed by atoms with Crippen molar-refractivity contribution in [3.05, 3.63) is 35.9 Å². The van der Waals surface area contributed by atoms with Crippen LogP contribution in [0.3, 0.4) is 0 Å². The van der Waals surface area contributed by atoms with Gasteiger partial charge < -0.3 is 4.90 Å². The Bertz CT molecular complexity index is 525. The van der Waals surface area contributed by atoms with Crippen LogP contribution in [0.2, 0.25) is 0 Å². The second-order valence-electron chi connectivity index (χ2n) is 7.09. The normalized spacial score (nSPS) is 28.9. The average molecular weight is 284 g/mol. The summed E-state index contributed by atoms with van der Waals surface area (Å²) in [7, 11) is 0. The fraction of sp³-hybridized carbons (Fsp3) is 0.611. The van der Waals surface area contributed by atoms with Gasteiger partial charge in [-0.05, 0) is 37.2 Å². The largest absolute Gasteiger partial charge is 0.340 e. The topological polar surface area (TPSA) is 23.6 Å². The zero-order chi connectivity index (χ0) is 14.3. The summed E-state index contributed by atoms with van der Waals surface area (Å²) < 4.78 is 0. The summed E-state index contributed by atoms with van der Waals surface area (Å²) in [6, 6.07) is 10.1. The fourth-order valence-corrected chi connectivity index (χ4v) is 3.90. The van der Waals surface area contributed by atoms with Crippen molar-refractivity contribution in [2.24, 2.45) is 5.92 Å². The highest BCUT2D eigenvalue weighted by Gasteiger charge is 2.50. The van der Waals surface area contributed by atoms with Crippen LogP contribution in [0, 0.1) is 5.92 Å². The second-order valence-corrected chi connectivity index (χ2v) is 7.09. The van der Waals surface area contributed by atoms with E-state index in [2.05, 4.69) is 9.80 Å². The molecule has 2 heterocycles. The van der Waals surface area contributed by atoms with E-state index in [0.29, 0.717) is 17.9 Å². The summed E-state index contributed by atoms with van der Waals surface area (Å²) in [5.41, 5.74) is 1.47. The molecule has 0 bridgehead atoms. The quantitative estimate of drug-likeness (QED) is 0.847. The minimum absolute atomic E-state index is 0.302. The predicted octanol–water partition coefficient (Wildman–Crippen LogP) is 2.32. The molecule has 112 valence electrons. The van der Waals surface area contributed by atoms with Crippen molar-refractivity contribution in [3.8, 4) is 0 Å². The van der Waals surface area contributed by atoms with E-state index in [1.54, 1.807) is 0 Å². The second kappa shape index (κ2) is 5.13. The molecule has 1 aromatic rings. The number of amides is 1. The monoisotopic (exact) mass is 284 g/mol. The third-order valence-corrected chi connectivity index (χ3v) is 5.58. The van der Waals surface area contributed by atoms with E-state index >= 15 is 0 Å². The molecule has 1 atom stereocenters. The smallest absolute Gasteiger partial charge is 0.227 e. The van der Waals surface area contributed by atoms with Gasteiger partial charge in [-0.2, -0.15) is 0 Å². The van der Waals surface area contributed by atoms with Gasteiger partial charge in [0.2, 0.25) is 5.91 Å². The first-order chi connectivity index (χ1) is 10.3. The predicted molar refractivity (Wildman–Crippen MR) is 83.0 cm³/mol. The molecule has 1 aliphatic carbocycles. The van der Waals surface area contributed by atoms with E-state index in [1.807, 2.05) is 30.3 Å². The van der Waals surface area contributed by atoms with Gasteiger partial charge in [-0.1, -0.05) is 30.3 Å². The lowest BCUT2D eigenvalue weighted by molar-refractivity contribution is -0.130. The Balaban J connectivity index is 1.36. The van der Waals surface area contributed by atoms with Crippen LogP contribution in [0.5, 0.6) is 0 Å². The van der Waals surface area contributed by atoms with Crippen LogP contribution < -0.4 is 0 Å². The Hall–Kier alpha value is -1.35. The Labute approximate surface area is 126 Å². The lowest BCUT2D eigenvalue weighted by Gasteiger charge is -2.51. The number of hydrogen-bond acceptors (Lipinski definition) is 2. The Morgan fingerprint density at radius 3 is 2.57 bits per heavy atom. The molecule has 1 aromatic carbocycles. The van der Waals surface area contributed by atoms with Gasteiger partial charge in [-0.15, -0.1) is 0 Å². The number of nitrogens with zero attached hydrogens (tertiary/aromatic N) is 2. The summed E-state index contributed by atoms with van der Waals surface area (Å²) in [6.07, 6.45) is 5.86. The van der Waals surface area contributed by atoms with Gasteiger partial charge in [-0.25, -0.2) is 0 Å². The highest BCUT2D eigenvalue weighted by atomic mass is 16.2. The Kier molecular flexibility index (Phi) is 3.26. The lowest BCUT2D eigenvalue weighted by atomic mass is 9.83. The van der Waals surface area contributed by atoms with Crippen LogP contribution in [0.15, 0.2) is 30.3 Å². The SMILES string of the molecule is O=C(Cc1ccccc1)N1CCC2(CCN2CC2CC2)C1. The molecule has 3 nitrogen and oxygen atoms in total. The number of likely N-dealkylation sites (tertiary alicyclic amines) is 2. The van der Waals surface area contributed by atoms with Gasteiger partial charge in [0.15, 0.2) is 0 Å². The van der Waals surface area contributed by atoms with Crippen molar-refractivity contribution in [3.63, 3.8) is 0 Å². The Morgan fingerprint density at radius 1 is 1.14 bits per heavy atom. The zero-order valence-electron chi connectivity index (χ0n) is 12.6. The van der Waals surface area contributed by atoms with Crippen molar-refractivity contribution in [2.45, 2.75) is 37.6 Å². The molecule has 1 amide bonds. The third kappa shape index (κ3) is 2.59. The van der Waals surface area contributed by atoms with E-state index in [9.17, 15) is 4.79 Å². The summed E-state index contributed by atoms with van der Waals surface area (Å²) in [5.74, 6) is 1.26. The third-order valence-electron chi connectivity index (χ3n) is 5.58. The maximum absolute atomic E-state index is 12.5. The summed E-state index contributed by atoms with van der Waals surface area (Å²) in [6.45, 7) is 4.44. The zero-order valence-corrected chi connectivity index (χ0v) is 12.6. The van der Waals surface area contributed by atoms with Crippen LogP contribution in [0.25, 0.3) is 0 Å². The molecule has 0 radical (unpaired) electrons. The summed E-state index contributed by atoms with van der Waals surface area (Å²) in [5, 5.41) is 0. The van der Waals surface area contributed by atoms with Gasteiger partial charge in [0.25, 0.3) is 0 Å². The number of carbonyl (C=O) groups is 1. The lowest BCUT2D eigenvalue weighted by Crippen LogP contribution is -2.61. The summed E-state index contributed by atoms with van der Waals surface area (Å²) >= 11 is 0. The minimum Gasteiger partial charge on any atom is -0.340 e. The van der Waals surface area contributed by atoms with Crippen LogP contribution >= 0.6 is 0 Å². The van der Waals surface area contributed by atoms with E-state index in [0.717, 1.165) is 24.6 Å². The van der Waals surface area contributed by atoms with Gasteiger partial charge in [-0.3, -0.25) is 9.69 Å². The van der Waals surface area contributed by atoms with Gasteiger partial charge in [0, 0.05) is 31.7 Å². The average Bonchev–Trinajstić information content (AvgIpc) is 3.19. The van der Waals surface area contributed by atoms with E-state index in [-0.39, 0.29) is 0 Å². The van der Waals surface area contributed by atoms with Crippen LogP contribution in [0.4, 0.5) is 0 Å². The number of rotatable bonds is 4. The first-order valence-electron chi connectivity index (χ1n) is 8.32. The molecule has 2 saturated heterocycles. The van der Waals surface area contributed by atoms with Gasteiger partial charge in [0.1, 0.15) is 0 Å². The van der Waals surface area contributed by atoms with E-state index in [1.165, 1.54) is 38.8 Å². The molecule has 21 heavy (non-hydrogen) atoms.